The van der Waals surface area contributed by atoms with E-state index < -0.39 is 6.36 Å². The highest BCUT2D eigenvalue weighted by atomic mass is 32.1. The summed E-state index contributed by atoms with van der Waals surface area (Å²) in [6.07, 6.45) is -2.70. The Balaban J connectivity index is 1.63. The molecule has 24 heavy (non-hydrogen) atoms. The van der Waals surface area contributed by atoms with Crippen LogP contribution in [0.5, 0.6) is 5.75 Å². The van der Waals surface area contributed by atoms with Gasteiger partial charge in [-0.25, -0.2) is 4.98 Å². The summed E-state index contributed by atoms with van der Waals surface area (Å²) >= 11 is 1.26. The van der Waals surface area contributed by atoms with Crippen molar-refractivity contribution >= 4 is 28.1 Å². The lowest BCUT2D eigenvalue weighted by molar-refractivity contribution is -0.274. The summed E-state index contributed by atoms with van der Waals surface area (Å²) in [4.78, 5) is 18.2. The molecule has 1 aromatic heterocycles. The zero-order chi connectivity index (χ0) is 17.2. The first-order valence-electron chi connectivity index (χ1n) is 7.28. The van der Waals surface area contributed by atoms with Crippen LogP contribution in [0.4, 0.5) is 24.0 Å². The Kier molecular flexibility index (Phi) is 4.61. The maximum absolute atomic E-state index is 12.2. The molecule has 0 aliphatic carbocycles. The van der Waals surface area contributed by atoms with Gasteiger partial charge >= 0.3 is 6.36 Å². The number of carbonyl (C=O) groups is 1. The van der Waals surface area contributed by atoms with E-state index >= 15 is 0 Å². The molecule has 128 valence electrons. The molecule has 5 nitrogen and oxygen atoms in total. The molecule has 1 N–H and O–H groups in total. The maximum Gasteiger partial charge on any atom is 0.573 e. The molecule has 1 aliphatic heterocycles. The fraction of sp³-hybridized carbons (Fsp3) is 0.333. The normalized spacial score (nSPS) is 14.7. The average molecular weight is 357 g/mol. The van der Waals surface area contributed by atoms with Crippen LogP contribution in [-0.2, 0) is 0 Å². The number of carbonyl (C=O) groups excluding carboxylic acids is 1. The van der Waals surface area contributed by atoms with E-state index in [9.17, 15) is 18.0 Å². The van der Waals surface area contributed by atoms with Gasteiger partial charge in [-0.1, -0.05) is 0 Å². The molecule has 0 unspecified atom stereocenters. The van der Waals surface area contributed by atoms with Crippen LogP contribution < -0.4 is 10.1 Å². The monoisotopic (exact) mass is 357 g/mol. The molecule has 3 rings (SSSR count). The van der Waals surface area contributed by atoms with Gasteiger partial charge in [0.05, 0.1) is 0 Å². The molecule has 1 amide bonds. The van der Waals surface area contributed by atoms with Crippen LogP contribution in [0.2, 0.25) is 0 Å². The number of halogens is 3. The van der Waals surface area contributed by atoms with Crippen LogP contribution in [0, 0.1) is 0 Å². The molecule has 2 aromatic rings. The minimum absolute atomic E-state index is 0.0919. The van der Waals surface area contributed by atoms with Crippen molar-refractivity contribution < 1.29 is 22.7 Å². The van der Waals surface area contributed by atoms with Gasteiger partial charge in [0.1, 0.15) is 11.4 Å². The van der Waals surface area contributed by atoms with E-state index in [0.29, 0.717) is 16.5 Å². The maximum atomic E-state index is 12.2. The predicted molar refractivity (Wildman–Crippen MR) is 83.7 cm³/mol. The number of benzene rings is 1. The second-order valence-corrected chi connectivity index (χ2v) is 6.09. The van der Waals surface area contributed by atoms with Crippen molar-refractivity contribution in [3.05, 3.63) is 35.3 Å². The number of likely N-dealkylation sites (tertiary alicyclic amines) is 1. The van der Waals surface area contributed by atoms with E-state index in [2.05, 4.69) is 15.0 Å². The second-order valence-electron chi connectivity index (χ2n) is 5.23. The van der Waals surface area contributed by atoms with Gasteiger partial charge in [-0.3, -0.25) is 4.79 Å². The van der Waals surface area contributed by atoms with Gasteiger partial charge in [0, 0.05) is 24.2 Å². The molecule has 2 heterocycles. The van der Waals surface area contributed by atoms with Crippen molar-refractivity contribution in [1.82, 2.24) is 9.88 Å². The number of anilines is 2. The lowest BCUT2D eigenvalue weighted by Crippen LogP contribution is -2.27. The van der Waals surface area contributed by atoms with Crippen LogP contribution in [0.25, 0.3) is 0 Å². The van der Waals surface area contributed by atoms with Crippen molar-refractivity contribution in [2.24, 2.45) is 0 Å². The first kappa shape index (κ1) is 16.6. The highest BCUT2D eigenvalue weighted by molar-refractivity contribution is 7.14. The Bertz CT molecular complexity index is 709. The van der Waals surface area contributed by atoms with Crippen molar-refractivity contribution in [2.45, 2.75) is 19.2 Å². The number of hydrogen-bond acceptors (Lipinski definition) is 5. The Morgan fingerprint density at radius 2 is 1.88 bits per heavy atom. The summed E-state index contributed by atoms with van der Waals surface area (Å²) < 4.78 is 40.1. The van der Waals surface area contributed by atoms with Crippen LogP contribution in [0.1, 0.15) is 23.3 Å². The lowest BCUT2D eigenvalue weighted by Gasteiger charge is -2.12. The molecule has 1 saturated heterocycles. The van der Waals surface area contributed by atoms with Crippen LogP contribution >= 0.6 is 11.3 Å². The Morgan fingerprint density at radius 3 is 2.50 bits per heavy atom. The third-order valence-electron chi connectivity index (χ3n) is 3.46. The van der Waals surface area contributed by atoms with Gasteiger partial charge in [-0.15, -0.1) is 24.5 Å². The van der Waals surface area contributed by atoms with Crippen LogP contribution in [-0.4, -0.2) is 35.2 Å². The van der Waals surface area contributed by atoms with E-state index in [1.165, 1.54) is 35.6 Å². The third kappa shape index (κ3) is 4.16. The zero-order valence-electron chi connectivity index (χ0n) is 12.5. The first-order chi connectivity index (χ1) is 11.4. The molecule has 1 aliphatic rings. The highest BCUT2D eigenvalue weighted by Gasteiger charge is 2.31. The zero-order valence-corrected chi connectivity index (χ0v) is 13.3. The van der Waals surface area contributed by atoms with E-state index in [4.69, 9.17) is 0 Å². The number of alkyl halides is 3. The van der Waals surface area contributed by atoms with Gasteiger partial charge in [0.2, 0.25) is 0 Å². The summed E-state index contributed by atoms with van der Waals surface area (Å²) in [7, 11) is 0. The average Bonchev–Trinajstić information content (AvgIpc) is 3.18. The van der Waals surface area contributed by atoms with E-state index in [1.54, 1.807) is 10.3 Å². The third-order valence-corrected chi connectivity index (χ3v) is 4.21. The topological polar surface area (TPSA) is 54.5 Å². The fourth-order valence-electron chi connectivity index (χ4n) is 2.38. The first-order valence-corrected chi connectivity index (χ1v) is 8.16. The SMILES string of the molecule is O=C(c1csc(Nc2ccc(OC(F)(F)F)cc2)n1)N1CCCC1. The molecule has 0 bridgehead atoms. The van der Waals surface area contributed by atoms with E-state index in [1.807, 2.05) is 0 Å². The van der Waals surface area contributed by atoms with Crippen molar-refractivity contribution in [1.29, 1.82) is 0 Å². The Labute approximate surface area is 140 Å². The van der Waals surface area contributed by atoms with E-state index in [-0.39, 0.29) is 11.7 Å². The smallest absolute Gasteiger partial charge is 0.406 e. The van der Waals surface area contributed by atoms with Crippen LogP contribution in [0.15, 0.2) is 29.6 Å². The van der Waals surface area contributed by atoms with Crippen LogP contribution in [0.3, 0.4) is 0 Å². The summed E-state index contributed by atoms with van der Waals surface area (Å²) in [6.45, 7) is 1.50. The molecule has 0 saturated carbocycles. The summed E-state index contributed by atoms with van der Waals surface area (Å²) in [5.74, 6) is -0.386. The van der Waals surface area contributed by atoms with Crippen molar-refractivity contribution in [3.8, 4) is 5.75 Å². The molecule has 0 atom stereocenters. The molecule has 0 spiro atoms. The summed E-state index contributed by atoms with van der Waals surface area (Å²) in [6, 6.07) is 5.31. The number of aromatic nitrogens is 1. The van der Waals surface area contributed by atoms with Gasteiger partial charge in [0.15, 0.2) is 5.13 Å². The van der Waals surface area contributed by atoms with Crippen molar-refractivity contribution in [2.75, 3.05) is 18.4 Å². The molecular weight excluding hydrogens is 343 g/mol. The highest BCUT2D eigenvalue weighted by Crippen LogP contribution is 2.26. The number of nitrogens with one attached hydrogen (secondary N) is 1. The van der Waals surface area contributed by atoms with Gasteiger partial charge in [-0.05, 0) is 37.1 Å². The quantitative estimate of drug-likeness (QED) is 0.898. The van der Waals surface area contributed by atoms with E-state index in [0.717, 1.165) is 25.9 Å². The Hall–Kier alpha value is -2.29. The number of ether oxygens (including phenoxy) is 1. The molecule has 1 fully saturated rings. The standard InChI is InChI=1S/C15H14F3N3O2S/c16-15(17,18)23-11-5-3-10(4-6-11)19-14-20-12(9-24-14)13(22)21-7-1-2-8-21/h3-6,9H,1-2,7-8H2,(H,19,20). The van der Waals surface area contributed by atoms with Gasteiger partial charge in [0.25, 0.3) is 5.91 Å². The van der Waals surface area contributed by atoms with Gasteiger partial charge in [-0.2, -0.15) is 0 Å². The fourth-order valence-corrected chi connectivity index (χ4v) is 3.08. The largest absolute Gasteiger partial charge is 0.573 e. The molecular formula is C15H14F3N3O2S. The number of nitrogens with zero attached hydrogens (tertiary/aromatic N) is 2. The molecule has 1 aromatic carbocycles. The number of hydrogen-bond donors (Lipinski definition) is 1. The number of thiazole rings is 1. The molecule has 9 heteroatoms. The number of amides is 1. The second kappa shape index (κ2) is 6.68. The van der Waals surface area contributed by atoms with Crippen molar-refractivity contribution in [3.63, 3.8) is 0 Å². The minimum Gasteiger partial charge on any atom is -0.406 e. The van der Waals surface area contributed by atoms with Gasteiger partial charge < -0.3 is 15.0 Å². The number of rotatable bonds is 4. The summed E-state index contributed by atoms with van der Waals surface area (Å²) in [5, 5.41) is 5.13. The minimum atomic E-state index is -4.71. The Morgan fingerprint density at radius 1 is 1.21 bits per heavy atom. The predicted octanol–water partition coefficient (Wildman–Crippen LogP) is 4.02. The molecule has 0 radical (unpaired) electrons. The lowest BCUT2D eigenvalue weighted by atomic mass is 10.3. The summed E-state index contributed by atoms with van der Waals surface area (Å²) in [5.41, 5.74) is 0.931.